The van der Waals surface area contributed by atoms with Crippen molar-refractivity contribution in [2.24, 2.45) is 0 Å². The van der Waals surface area contributed by atoms with Gasteiger partial charge in [-0.15, -0.1) is 0 Å². The molecule has 198 valence electrons. The summed E-state index contributed by atoms with van der Waals surface area (Å²) in [6, 6.07) is 0. The van der Waals surface area contributed by atoms with Gasteiger partial charge in [-0.25, -0.2) is 14.4 Å². The van der Waals surface area contributed by atoms with Gasteiger partial charge in [-0.3, -0.25) is 4.48 Å². The predicted molar refractivity (Wildman–Crippen MR) is 136 cm³/mol. The van der Waals surface area contributed by atoms with Gasteiger partial charge < -0.3 is 15.3 Å². The maximum atomic E-state index is 11.2. The molecule has 0 aliphatic carbocycles. The molecule has 3 N–H and O–H groups in total. The van der Waals surface area contributed by atoms with E-state index in [1.54, 1.807) is 0 Å². The summed E-state index contributed by atoms with van der Waals surface area (Å²) < 4.78 is -0.435. The number of quaternary nitrogens is 1. The van der Waals surface area contributed by atoms with Crippen LogP contribution in [0.25, 0.3) is 0 Å². The van der Waals surface area contributed by atoms with Crippen LogP contribution in [0, 0.1) is 0 Å². The zero-order chi connectivity index (χ0) is 25.5. The third-order valence-electron chi connectivity index (χ3n) is 6.31. The summed E-state index contributed by atoms with van der Waals surface area (Å²) in [4.78, 5) is 33.5. The van der Waals surface area contributed by atoms with E-state index in [1.165, 1.54) is 83.5 Å². The third kappa shape index (κ3) is 20.7. The van der Waals surface area contributed by atoms with E-state index in [2.05, 4.69) is 19.1 Å². The lowest BCUT2D eigenvalue weighted by molar-refractivity contribution is -0.907. The zero-order valence-electron chi connectivity index (χ0n) is 21.5. The van der Waals surface area contributed by atoms with Crippen molar-refractivity contribution < 1.29 is 34.2 Å². The second-order valence-corrected chi connectivity index (χ2v) is 9.72. The molecule has 0 bridgehead atoms. The van der Waals surface area contributed by atoms with E-state index in [-0.39, 0.29) is 6.54 Å². The molecule has 7 heteroatoms. The molecule has 0 aromatic carbocycles. The van der Waals surface area contributed by atoms with Crippen LogP contribution >= 0.6 is 0 Å². The molecule has 0 radical (unpaired) electrons. The Morgan fingerprint density at radius 3 is 1.21 bits per heavy atom. The first-order valence-corrected chi connectivity index (χ1v) is 13.5. The number of hydrogen-bond donors (Lipinski definition) is 3. The fraction of sp³-hybridized carbons (Fsp3) is 0.815. The molecule has 0 amide bonds. The SMILES string of the molecule is CCCCC/C=C/CCCCCCCCCCCCCC[N+](CC(=O)O)(CC(=O)O)CC(=O)O. The monoisotopic (exact) mass is 484 g/mol. The minimum Gasteiger partial charge on any atom is -0.477 e. The van der Waals surface area contributed by atoms with Gasteiger partial charge >= 0.3 is 17.9 Å². The minimum atomic E-state index is -1.17. The molecule has 0 aromatic rings. The quantitative estimate of drug-likeness (QED) is 0.0800. The highest BCUT2D eigenvalue weighted by molar-refractivity contribution is 5.73. The van der Waals surface area contributed by atoms with Crippen molar-refractivity contribution in [1.82, 2.24) is 0 Å². The van der Waals surface area contributed by atoms with Crippen LogP contribution in [-0.4, -0.2) is 63.9 Å². The average molecular weight is 485 g/mol. The first-order valence-electron chi connectivity index (χ1n) is 13.5. The summed E-state index contributed by atoms with van der Waals surface area (Å²) in [6.45, 7) is 1.07. The number of aliphatic carboxylic acids is 3. The highest BCUT2D eigenvalue weighted by Crippen LogP contribution is 2.15. The Balaban J connectivity index is 3.74. The van der Waals surface area contributed by atoms with Crippen molar-refractivity contribution in [2.45, 2.75) is 116 Å². The predicted octanol–water partition coefficient (Wildman–Crippen LogP) is 6.26. The first-order chi connectivity index (χ1) is 16.3. The third-order valence-corrected chi connectivity index (χ3v) is 6.31. The molecule has 0 aromatic heterocycles. The average Bonchev–Trinajstić information content (AvgIpc) is 2.73. The van der Waals surface area contributed by atoms with E-state index in [0.29, 0.717) is 6.42 Å². The van der Waals surface area contributed by atoms with Gasteiger partial charge in [-0.05, 0) is 38.5 Å². The molecule has 34 heavy (non-hydrogen) atoms. The molecule has 0 saturated heterocycles. The summed E-state index contributed by atoms with van der Waals surface area (Å²) in [5, 5.41) is 27.4. The Labute approximate surface area is 206 Å². The Morgan fingerprint density at radius 1 is 0.529 bits per heavy atom. The normalized spacial score (nSPS) is 11.8. The highest BCUT2D eigenvalue weighted by Gasteiger charge is 2.35. The van der Waals surface area contributed by atoms with Crippen LogP contribution in [0.4, 0.5) is 0 Å². The summed E-state index contributed by atoms with van der Waals surface area (Å²) in [6.07, 6.45) is 25.0. The highest BCUT2D eigenvalue weighted by atomic mass is 16.4. The molecule has 0 aliphatic rings. The maximum Gasteiger partial charge on any atom is 0.359 e. The number of hydrogen-bond acceptors (Lipinski definition) is 3. The molecule has 0 atom stereocenters. The lowest BCUT2D eigenvalue weighted by Crippen LogP contribution is -2.57. The molecule has 0 unspecified atom stereocenters. The van der Waals surface area contributed by atoms with Crippen molar-refractivity contribution in [1.29, 1.82) is 0 Å². The van der Waals surface area contributed by atoms with Crippen LogP contribution in [0.15, 0.2) is 12.2 Å². The Bertz CT molecular complexity index is 535. The number of carbonyl (C=O) groups is 3. The smallest absolute Gasteiger partial charge is 0.359 e. The largest absolute Gasteiger partial charge is 0.477 e. The van der Waals surface area contributed by atoms with E-state index >= 15 is 0 Å². The Morgan fingerprint density at radius 2 is 0.853 bits per heavy atom. The van der Waals surface area contributed by atoms with Gasteiger partial charge in [-0.1, -0.05) is 89.7 Å². The van der Waals surface area contributed by atoms with Crippen LogP contribution in [0.5, 0.6) is 0 Å². The molecule has 0 aliphatic heterocycles. The number of carboxylic acid groups (broad SMARTS) is 3. The van der Waals surface area contributed by atoms with Crippen LogP contribution < -0.4 is 0 Å². The van der Waals surface area contributed by atoms with Crippen molar-refractivity contribution in [3.05, 3.63) is 12.2 Å². The first kappa shape index (κ1) is 32.1. The molecular weight excluding hydrogens is 434 g/mol. The van der Waals surface area contributed by atoms with Crippen molar-refractivity contribution in [2.75, 3.05) is 26.2 Å². The summed E-state index contributed by atoms with van der Waals surface area (Å²) in [5.41, 5.74) is 0. The van der Waals surface area contributed by atoms with Crippen LogP contribution in [0.3, 0.4) is 0 Å². The van der Waals surface area contributed by atoms with E-state index in [4.69, 9.17) is 15.3 Å². The molecule has 7 nitrogen and oxygen atoms in total. The molecule has 0 spiro atoms. The van der Waals surface area contributed by atoms with E-state index in [9.17, 15) is 14.4 Å². The molecule has 0 heterocycles. The van der Waals surface area contributed by atoms with Crippen molar-refractivity contribution in [3.63, 3.8) is 0 Å². The van der Waals surface area contributed by atoms with Crippen molar-refractivity contribution in [3.8, 4) is 0 Å². The van der Waals surface area contributed by atoms with E-state index in [1.807, 2.05) is 0 Å². The molecule has 0 rings (SSSR count). The molecular formula is C27H50NO6+. The lowest BCUT2D eigenvalue weighted by Gasteiger charge is -2.34. The second-order valence-electron chi connectivity index (χ2n) is 9.72. The summed E-state index contributed by atoms with van der Waals surface area (Å²) in [7, 11) is 0. The minimum absolute atomic E-state index is 0.263. The van der Waals surface area contributed by atoms with E-state index in [0.717, 1.165) is 19.3 Å². The summed E-state index contributed by atoms with van der Waals surface area (Å²) in [5.74, 6) is -3.51. The van der Waals surface area contributed by atoms with Gasteiger partial charge in [0.15, 0.2) is 19.6 Å². The molecule has 0 fully saturated rings. The van der Waals surface area contributed by atoms with Gasteiger partial charge in [0.2, 0.25) is 0 Å². The number of nitrogens with zero attached hydrogens (tertiary/aromatic N) is 1. The van der Waals surface area contributed by atoms with Crippen LogP contribution in [-0.2, 0) is 14.4 Å². The fourth-order valence-corrected chi connectivity index (χ4v) is 4.49. The van der Waals surface area contributed by atoms with E-state index < -0.39 is 42.0 Å². The topological polar surface area (TPSA) is 112 Å². The lowest BCUT2D eigenvalue weighted by atomic mass is 10.0. The number of allylic oxidation sites excluding steroid dienone is 2. The number of rotatable bonds is 25. The van der Waals surface area contributed by atoms with Crippen LogP contribution in [0.1, 0.15) is 116 Å². The summed E-state index contributed by atoms with van der Waals surface area (Å²) >= 11 is 0. The van der Waals surface area contributed by atoms with Gasteiger partial charge in [0.25, 0.3) is 0 Å². The van der Waals surface area contributed by atoms with Crippen molar-refractivity contribution >= 4 is 17.9 Å². The van der Waals surface area contributed by atoms with Gasteiger partial charge in [-0.2, -0.15) is 0 Å². The maximum absolute atomic E-state index is 11.2. The van der Waals surface area contributed by atoms with Crippen LogP contribution in [0.2, 0.25) is 0 Å². The number of carboxylic acids is 3. The Hall–Kier alpha value is -1.89. The van der Waals surface area contributed by atoms with Gasteiger partial charge in [0.1, 0.15) is 0 Å². The Kier molecular flexibility index (Phi) is 20.4. The molecule has 0 saturated carbocycles. The second kappa shape index (κ2) is 21.6. The zero-order valence-corrected chi connectivity index (χ0v) is 21.5. The van der Waals surface area contributed by atoms with Gasteiger partial charge in [0.05, 0.1) is 6.54 Å². The number of unbranched alkanes of at least 4 members (excludes halogenated alkanes) is 15. The van der Waals surface area contributed by atoms with Gasteiger partial charge in [0, 0.05) is 0 Å². The fourth-order valence-electron chi connectivity index (χ4n) is 4.49. The standard InChI is InChI=1S/C27H49NO6/c1-2-3-4-5-6-7-8-9-10-11-12-13-14-15-16-17-18-19-20-21-28(22-25(29)30,23-26(31)32)24-27(33)34/h6-7H,2-5,8-24H2,1H3,(H2-,29,30,31,32,33,34)/p+1/b7-6+.